The molecule has 6 rings (SSSR count). The third-order valence-electron chi connectivity index (χ3n) is 7.53. The fourth-order valence-electron chi connectivity index (χ4n) is 6.37. The quantitative estimate of drug-likeness (QED) is 0.241. The average Bonchev–Trinajstić information content (AvgIpc) is 3.39. The molecule has 154 valence electrons. The van der Waals surface area contributed by atoms with Crippen molar-refractivity contribution >= 4 is 50.6 Å². The summed E-state index contributed by atoms with van der Waals surface area (Å²) in [6, 6.07) is 23.0. The highest BCUT2D eigenvalue weighted by atomic mass is 79.9. The highest BCUT2D eigenvalue weighted by Gasteiger charge is 2.45. The molecule has 1 aromatic heterocycles. The normalized spacial score (nSPS) is 15.5. The molecule has 1 heterocycles. The molecule has 0 atom stereocenters. The van der Waals surface area contributed by atoms with Crippen LogP contribution in [0.15, 0.2) is 70.0 Å². The molecule has 0 aliphatic heterocycles. The summed E-state index contributed by atoms with van der Waals surface area (Å²) in [5, 5.41) is 3.11. The topological polar surface area (TPSA) is 0 Å². The van der Waals surface area contributed by atoms with Crippen molar-refractivity contribution in [1.29, 1.82) is 0 Å². The van der Waals surface area contributed by atoms with Crippen molar-refractivity contribution in [3.05, 3.63) is 97.8 Å². The number of allylic oxidation sites excluding steroid dienone is 1. The van der Waals surface area contributed by atoms with Crippen molar-refractivity contribution in [3.63, 3.8) is 0 Å². The Kier molecular flexibility index (Phi) is 4.31. The Balaban J connectivity index is 1.59. The summed E-state index contributed by atoms with van der Waals surface area (Å²) in [6.45, 7) is 9.92. The van der Waals surface area contributed by atoms with Crippen LogP contribution in [0.4, 0.5) is 0 Å². The van der Waals surface area contributed by atoms with E-state index in [4.69, 9.17) is 0 Å². The molecule has 0 bridgehead atoms. The number of halogens is 1. The number of aryl methyl sites for hydroxylation is 1. The molecule has 0 spiro atoms. The van der Waals surface area contributed by atoms with Gasteiger partial charge in [0.25, 0.3) is 0 Å². The summed E-state index contributed by atoms with van der Waals surface area (Å²) in [7, 11) is -1.88. The van der Waals surface area contributed by atoms with E-state index in [1.165, 1.54) is 47.3 Å². The van der Waals surface area contributed by atoms with Crippen molar-refractivity contribution in [2.45, 2.75) is 38.9 Å². The highest BCUT2D eigenvalue weighted by Crippen LogP contribution is 2.54. The van der Waals surface area contributed by atoms with Crippen LogP contribution in [0, 0.1) is 6.92 Å². The number of benzene rings is 3. The van der Waals surface area contributed by atoms with Gasteiger partial charge in [-0.3, -0.25) is 0 Å². The Morgan fingerprint density at radius 1 is 0.871 bits per heavy atom. The zero-order chi connectivity index (χ0) is 21.5. The maximum atomic E-state index is 3.72. The Hall–Kier alpha value is -1.94. The van der Waals surface area contributed by atoms with Gasteiger partial charge in [-0.25, -0.2) is 0 Å². The molecular weight excluding hydrogens is 476 g/mol. The van der Waals surface area contributed by atoms with E-state index < -0.39 is 8.07 Å². The molecule has 3 heteroatoms. The molecule has 31 heavy (non-hydrogen) atoms. The molecule has 2 aliphatic carbocycles. The molecule has 0 saturated carbocycles. The second kappa shape index (κ2) is 6.78. The van der Waals surface area contributed by atoms with E-state index in [-0.39, 0.29) is 0 Å². The fourth-order valence-corrected chi connectivity index (χ4v) is 12.5. The van der Waals surface area contributed by atoms with Gasteiger partial charge in [-0.05, 0) is 92.7 Å². The number of fused-ring (bicyclic) bond motifs is 5. The van der Waals surface area contributed by atoms with Gasteiger partial charge >= 0.3 is 0 Å². The fraction of sp³-hybridized carbons (Fsp3) is 0.214. The number of hydrogen-bond acceptors (Lipinski definition) is 1. The van der Waals surface area contributed by atoms with Gasteiger partial charge in [0.2, 0.25) is 0 Å². The second-order valence-electron chi connectivity index (χ2n) is 9.65. The number of thiophene rings is 1. The van der Waals surface area contributed by atoms with E-state index in [0.717, 1.165) is 6.42 Å². The standard InChI is InChI=1S/C28H25BrSSi/c1-16-13-22-17(2)23-15-26(29)30-25(23)14-24(22)27(16)31(3,4)28-20-11-7-5-9-18(20)19-10-6-8-12-21(19)28/h5-12,14-15,28H,13H2,1-4H3. The van der Waals surface area contributed by atoms with Crippen LogP contribution in [0.1, 0.15) is 40.3 Å². The van der Waals surface area contributed by atoms with Gasteiger partial charge in [-0.15, -0.1) is 11.3 Å². The molecule has 0 unspecified atom stereocenters. The van der Waals surface area contributed by atoms with Gasteiger partial charge in [0.1, 0.15) is 0 Å². The lowest BCUT2D eigenvalue weighted by Gasteiger charge is -2.34. The van der Waals surface area contributed by atoms with Gasteiger partial charge < -0.3 is 0 Å². The minimum absolute atomic E-state index is 0.502. The van der Waals surface area contributed by atoms with Crippen LogP contribution in [0.5, 0.6) is 0 Å². The highest BCUT2D eigenvalue weighted by molar-refractivity contribution is 9.11. The van der Waals surface area contributed by atoms with Crippen LogP contribution in [-0.4, -0.2) is 8.07 Å². The smallest absolute Gasteiger partial charge is 0.0935 e. The SMILES string of the molecule is CC1=C([Si](C)(C)C2c3ccccc3-c3ccccc32)c2cc3sc(Br)cc3c(C)c2C1. The first kappa shape index (κ1) is 19.7. The largest absolute Gasteiger partial charge is 0.128 e. The monoisotopic (exact) mass is 500 g/mol. The summed E-state index contributed by atoms with van der Waals surface area (Å²) in [6.07, 6.45) is 1.10. The van der Waals surface area contributed by atoms with Gasteiger partial charge in [0.15, 0.2) is 0 Å². The minimum Gasteiger partial charge on any atom is -0.128 e. The second-order valence-corrected chi connectivity index (χ2v) is 16.6. The van der Waals surface area contributed by atoms with Crippen molar-refractivity contribution in [2.24, 2.45) is 0 Å². The molecule has 0 saturated heterocycles. The summed E-state index contributed by atoms with van der Waals surface area (Å²) < 4.78 is 2.64. The van der Waals surface area contributed by atoms with Gasteiger partial charge in [-0.2, -0.15) is 0 Å². The summed E-state index contributed by atoms with van der Waals surface area (Å²) >= 11 is 5.58. The van der Waals surface area contributed by atoms with E-state index in [1.807, 2.05) is 11.3 Å². The Morgan fingerprint density at radius 2 is 1.48 bits per heavy atom. The van der Waals surface area contributed by atoms with Crippen LogP contribution in [0.3, 0.4) is 0 Å². The molecule has 3 aromatic carbocycles. The predicted octanol–water partition coefficient (Wildman–Crippen LogP) is 8.90. The third kappa shape index (κ3) is 2.70. The van der Waals surface area contributed by atoms with Crippen molar-refractivity contribution in [1.82, 2.24) is 0 Å². The van der Waals surface area contributed by atoms with E-state index in [2.05, 4.69) is 104 Å². The Morgan fingerprint density at radius 3 is 2.13 bits per heavy atom. The van der Waals surface area contributed by atoms with E-state index >= 15 is 0 Å². The zero-order valence-corrected chi connectivity index (χ0v) is 21.7. The molecule has 0 radical (unpaired) electrons. The lowest BCUT2D eigenvalue weighted by atomic mass is 10.00. The summed E-state index contributed by atoms with van der Waals surface area (Å²) in [5.41, 5.74) is 12.6. The van der Waals surface area contributed by atoms with Crippen LogP contribution >= 0.6 is 27.3 Å². The van der Waals surface area contributed by atoms with Crippen molar-refractivity contribution < 1.29 is 0 Å². The van der Waals surface area contributed by atoms with E-state index in [0.29, 0.717) is 5.54 Å². The Labute approximate surface area is 197 Å². The van der Waals surface area contributed by atoms with Crippen molar-refractivity contribution in [2.75, 3.05) is 0 Å². The molecule has 0 fully saturated rings. The lowest BCUT2D eigenvalue weighted by molar-refractivity contribution is 1.13. The van der Waals surface area contributed by atoms with Crippen LogP contribution in [-0.2, 0) is 6.42 Å². The lowest BCUT2D eigenvalue weighted by Crippen LogP contribution is -2.37. The number of hydrogen-bond donors (Lipinski definition) is 0. The van der Waals surface area contributed by atoms with Crippen LogP contribution < -0.4 is 0 Å². The maximum absolute atomic E-state index is 3.72. The summed E-state index contributed by atoms with van der Waals surface area (Å²) in [5.74, 6) is 0. The van der Waals surface area contributed by atoms with Crippen molar-refractivity contribution in [3.8, 4) is 11.1 Å². The van der Waals surface area contributed by atoms with Gasteiger partial charge in [0, 0.05) is 10.2 Å². The molecule has 2 aliphatic rings. The van der Waals surface area contributed by atoms with Crippen LogP contribution in [0.25, 0.3) is 26.4 Å². The first-order chi connectivity index (χ1) is 14.9. The summed E-state index contributed by atoms with van der Waals surface area (Å²) in [4.78, 5) is 0. The number of rotatable bonds is 2. The average molecular weight is 502 g/mol. The first-order valence-corrected chi connectivity index (χ1v) is 15.7. The molecule has 0 N–H and O–H groups in total. The third-order valence-corrected chi connectivity index (χ3v) is 13.2. The van der Waals surface area contributed by atoms with Gasteiger partial charge in [0.05, 0.1) is 11.9 Å². The maximum Gasteiger partial charge on any atom is 0.0935 e. The van der Waals surface area contributed by atoms with E-state index in [1.54, 1.807) is 16.3 Å². The van der Waals surface area contributed by atoms with E-state index in [9.17, 15) is 0 Å². The predicted molar refractivity (Wildman–Crippen MR) is 142 cm³/mol. The Bertz CT molecular complexity index is 1380. The van der Waals surface area contributed by atoms with Gasteiger partial charge in [-0.1, -0.05) is 72.4 Å². The zero-order valence-electron chi connectivity index (χ0n) is 18.3. The first-order valence-electron chi connectivity index (χ1n) is 11.0. The molecule has 0 nitrogen and oxygen atoms in total. The van der Waals surface area contributed by atoms with Crippen LogP contribution in [0.2, 0.25) is 13.1 Å². The molecule has 0 amide bonds. The molecule has 4 aromatic rings. The minimum atomic E-state index is -1.88. The molecular formula is C28H25BrSSi.